The largest absolute Gasteiger partial charge is 0.490 e. The Kier molecular flexibility index (Phi) is 5.46. The summed E-state index contributed by atoms with van der Waals surface area (Å²) in [5.41, 5.74) is 1.68. The molecule has 21 heavy (non-hydrogen) atoms. The molecule has 110 valence electrons. The SMILES string of the molecule is CCOc1cc(/C=N\O)cc(Cl)c1OCc1ccccc1. The summed E-state index contributed by atoms with van der Waals surface area (Å²) in [5.74, 6) is 1.01. The maximum atomic E-state index is 8.61. The van der Waals surface area contributed by atoms with E-state index in [9.17, 15) is 0 Å². The molecule has 0 unspecified atom stereocenters. The highest BCUT2D eigenvalue weighted by Crippen LogP contribution is 2.36. The van der Waals surface area contributed by atoms with E-state index in [1.54, 1.807) is 12.1 Å². The van der Waals surface area contributed by atoms with E-state index in [-0.39, 0.29) is 0 Å². The van der Waals surface area contributed by atoms with Gasteiger partial charge in [-0.25, -0.2) is 0 Å². The van der Waals surface area contributed by atoms with Crippen molar-refractivity contribution in [2.45, 2.75) is 13.5 Å². The molecule has 0 radical (unpaired) electrons. The van der Waals surface area contributed by atoms with Gasteiger partial charge in [0.25, 0.3) is 0 Å². The molecule has 0 amide bonds. The number of nitrogens with zero attached hydrogens (tertiary/aromatic N) is 1. The van der Waals surface area contributed by atoms with Gasteiger partial charge in [0.15, 0.2) is 11.5 Å². The van der Waals surface area contributed by atoms with Crippen molar-refractivity contribution in [3.8, 4) is 11.5 Å². The van der Waals surface area contributed by atoms with E-state index >= 15 is 0 Å². The molecule has 2 aromatic rings. The van der Waals surface area contributed by atoms with Crippen LogP contribution in [0, 0.1) is 0 Å². The highest BCUT2D eigenvalue weighted by molar-refractivity contribution is 6.32. The standard InChI is InChI=1S/C16H16ClNO3/c1-2-20-15-9-13(10-18-19)8-14(17)16(15)21-11-12-6-4-3-5-7-12/h3-10,19H,2,11H2,1H3/b18-10-. The van der Waals surface area contributed by atoms with Gasteiger partial charge in [-0.3, -0.25) is 0 Å². The first kappa shape index (κ1) is 15.2. The van der Waals surface area contributed by atoms with E-state index in [1.165, 1.54) is 6.21 Å². The molecule has 0 saturated carbocycles. The average molecular weight is 306 g/mol. The summed E-state index contributed by atoms with van der Waals surface area (Å²) in [4.78, 5) is 0. The molecule has 0 aliphatic carbocycles. The van der Waals surface area contributed by atoms with Crippen LogP contribution in [0.1, 0.15) is 18.1 Å². The fourth-order valence-corrected chi connectivity index (χ4v) is 2.14. The summed E-state index contributed by atoms with van der Waals surface area (Å²) >= 11 is 6.22. The maximum absolute atomic E-state index is 8.61. The average Bonchev–Trinajstić information content (AvgIpc) is 2.48. The molecular formula is C16H16ClNO3. The summed E-state index contributed by atoms with van der Waals surface area (Å²) in [7, 11) is 0. The Morgan fingerprint density at radius 1 is 1.19 bits per heavy atom. The van der Waals surface area contributed by atoms with Crippen LogP contribution in [0.3, 0.4) is 0 Å². The van der Waals surface area contributed by atoms with E-state index < -0.39 is 0 Å². The number of rotatable bonds is 6. The minimum atomic E-state index is 0.397. The van der Waals surface area contributed by atoms with Crippen LogP contribution in [0.2, 0.25) is 5.02 Å². The first-order chi connectivity index (χ1) is 10.2. The van der Waals surface area contributed by atoms with Crippen molar-refractivity contribution in [3.05, 3.63) is 58.6 Å². The second-order valence-corrected chi connectivity index (χ2v) is 4.69. The van der Waals surface area contributed by atoms with Crippen molar-refractivity contribution in [3.63, 3.8) is 0 Å². The quantitative estimate of drug-likeness (QED) is 0.496. The fraction of sp³-hybridized carbons (Fsp3) is 0.188. The van der Waals surface area contributed by atoms with Crippen molar-refractivity contribution in [1.29, 1.82) is 0 Å². The lowest BCUT2D eigenvalue weighted by molar-refractivity contribution is 0.269. The van der Waals surface area contributed by atoms with E-state index in [0.29, 0.717) is 35.3 Å². The lowest BCUT2D eigenvalue weighted by atomic mass is 10.2. The molecule has 0 heterocycles. The van der Waals surface area contributed by atoms with E-state index in [1.807, 2.05) is 37.3 Å². The van der Waals surface area contributed by atoms with Gasteiger partial charge in [0.05, 0.1) is 17.8 Å². The van der Waals surface area contributed by atoms with Crippen LogP contribution in [-0.2, 0) is 6.61 Å². The number of benzene rings is 2. The molecule has 0 aromatic heterocycles. The third-order valence-corrected chi connectivity index (χ3v) is 3.05. The van der Waals surface area contributed by atoms with Gasteiger partial charge in [-0.05, 0) is 24.6 Å². The normalized spacial score (nSPS) is 10.8. The third kappa shape index (κ3) is 4.13. The Morgan fingerprint density at radius 2 is 1.95 bits per heavy atom. The predicted octanol–water partition coefficient (Wildman–Crippen LogP) is 4.13. The molecule has 1 N–H and O–H groups in total. The Morgan fingerprint density at radius 3 is 2.62 bits per heavy atom. The Labute approximate surface area is 128 Å². The highest BCUT2D eigenvalue weighted by atomic mass is 35.5. The van der Waals surface area contributed by atoms with Crippen LogP contribution < -0.4 is 9.47 Å². The van der Waals surface area contributed by atoms with Gasteiger partial charge in [-0.1, -0.05) is 47.1 Å². The molecule has 0 fully saturated rings. The van der Waals surface area contributed by atoms with Gasteiger partial charge < -0.3 is 14.7 Å². The molecule has 0 aliphatic heterocycles. The van der Waals surface area contributed by atoms with Crippen LogP contribution in [0.15, 0.2) is 47.6 Å². The summed E-state index contributed by atoms with van der Waals surface area (Å²) in [5, 5.41) is 12.0. The van der Waals surface area contributed by atoms with Crippen LogP contribution in [-0.4, -0.2) is 18.0 Å². The zero-order chi connectivity index (χ0) is 15.1. The van der Waals surface area contributed by atoms with Crippen LogP contribution in [0.5, 0.6) is 11.5 Å². The second-order valence-electron chi connectivity index (χ2n) is 4.28. The lowest BCUT2D eigenvalue weighted by Crippen LogP contribution is -2.01. The molecule has 2 aromatic carbocycles. The van der Waals surface area contributed by atoms with Crippen LogP contribution in [0.25, 0.3) is 0 Å². The number of ether oxygens (including phenoxy) is 2. The topological polar surface area (TPSA) is 51.0 Å². The minimum Gasteiger partial charge on any atom is -0.490 e. The number of halogens is 1. The van der Waals surface area contributed by atoms with Crippen molar-refractivity contribution in [1.82, 2.24) is 0 Å². The maximum Gasteiger partial charge on any atom is 0.180 e. The second kappa shape index (κ2) is 7.55. The van der Waals surface area contributed by atoms with Gasteiger partial charge >= 0.3 is 0 Å². The zero-order valence-electron chi connectivity index (χ0n) is 11.6. The molecule has 0 bridgehead atoms. The van der Waals surface area contributed by atoms with Gasteiger partial charge in [-0.15, -0.1) is 0 Å². The molecule has 2 rings (SSSR count). The molecule has 0 atom stereocenters. The molecule has 0 spiro atoms. The molecular weight excluding hydrogens is 290 g/mol. The number of hydrogen-bond acceptors (Lipinski definition) is 4. The third-order valence-electron chi connectivity index (χ3n) is 2.76. The summed E-state index contributed by atoms with van der Waals surface area (Å²) in [6.07, 6.45) is 1.29. The summed E-state index contributed by atoms with van der Waals surface area (Å²) < 4.78 is 11.3. The van der Waals surface area contributed by atoms with E-state index in [4.69, 9.17) is 26.3 Å². The molecule has 5 heteroatoms. The Bertz CT molecular complexity index is 614. The summed E-state index contributed by atoms with van der Waals surface area (Å²) in [6, 6.07) is 13.2. The Balaban J connectivity index is 2.24. The highest BCUT2D eigenvalue weighted by Gasteiger charge is 2.12. The minimum absolute atomic E-state index is 0.397. The van der Waals surface area contributed by atoms with E-state index in [0.717, 1.165) is 5.56 Å². The van der Waals surface area contributed by atoms with Crippen molar-refractivity contribution < 1.29 is 14.7 Å². The van der Waals surface area contributed by atoms with Gasteiger partial charge in [0.1, 0.15) is 6.61 Å². The first-order valence-electron chi connectivity index (χ1n) is 6.55. The predicted molar refractivity (Wildman–Crippen MR) is 82.8 cm³/mol. The Hall–Kier alpha value is -2.20. The van der Waals surface area contributed by atoms with Gasteiger partial charge in [0.2, 0.25) is 0 Å². The van der Waals surface area contributed by atoms with Gasteiger partial charge in [-0.2, -0.15) is 0 Å². The molecule has 0 aliphatic rings. The van der Waals surface area contributed by atoms with Crippen molar-refractivity contribution in [2.75, 3.05) is 6.61 Å². The lowest BCUT2D eigenvalue weighted by Gasteiger charge is -2.14. The molecule has 4 nitrogen and oxygen atoms in total. The first-order valence-corrected chi connectivity index (χ1v) is 6.93. The monoisotopic (exact) mass is 305 g/mol. The smallest absolute Gasteiger partial charge is 0.180 e. The van der Waals surface area contributed by atoms with Gasteiger partial charge in [0, 0.05) is 5.56 Å². The van der Waals surface area contributed by atoms with Crippen molar-refractivity contribution >= 4 is 17.8 Å². The van der Waals surface area contributed by atoms with Crippen molar-refractivity contribution in [2.24, 2.45) is 5.16 Å². The number of hydrogen-bond donors (Lipinski definition) is 1. The number of oxime groups is 1. The van der Waals surface area contributed by atoms with Crippen LogP contribution >= 0.6 is 11.6 Å². The summed E-state index contributed by atoms with van der Waals surface area (Å²) in [6.45, 7) is 2.76. The van der Waals surface area contributed by atoms with Crippen LogP contribution in [0.4, 0.5) is 0 Å². The zero-order valence-corrected chi connectivity index (χ0v) is 12.4. The van der Waals surface area contributed by atoms with E-state index in [2.05, 4.69) is 5.16 Å². The fourth-order valence-electron chi connectivity index (χ4n) is 1.86. The molecule has 0 saturated heterocycles.